The number of esters is 1. The zero-order valence-electron chi connectivity index (χ0n) is 13.0. The van der Waals surface area contributed by atoms with Crippen LogP contribution in [-0.2, 0) is 14.9 Å². The fourth-order valence-corrected chi connectivity index (χ4v) is 4.26. The minimum Gasteiger partial charge on any atom is -0.465 e. The molecule has 1 N–H and O–H groups in total. The van der Waals surface area contributed by atoms with Crippen LogP contribution < -0.4 is 0 Å². The largest absolute Gasteiger partial charge is 0.465 e. The number of benzene rings is 1. The second-order valence-corrected chi connectivity index (χ2v) is 7.28. The van der Waals surface area contributed by atoms with E-state index < -0.39 is 11.5 Å². The second-order valence-electron chi connectivity index (χ2n) is 6.36. The standard InChI is InChI=1S/C17H20BrNO4/c1-2-23-14(20)17(12-3-5-13(18)6-4-12)11-16(17)7-9-19(10-8-16)15(21)22/h3-6H,2,7-11H2,1H3,(H,21,22). The van der Waals surface area contributed by atoms with Crippen LogP contribution in [0.3, 0.4) is 0 Å². The van der Waals surface area contributed by atoms with Crippen molar-refractivity contribution in [3.63, 3.8) is 0 Å². The molecule has 6 heteroatoms. The van der Waals surface area contributed by atoms with Crippen LogP contribution in [0.4, 0.5) is 4.79 Å². The van der Waals surface area contributed by atoms with Crippen molar-refractivity contribution >= 4 is 28.0 Å². The molecular formula is C17H20BrNO4. The number of rotatable bonds is 3. The molecular weight excluding hydrogens is 362 g/mol. The first-order valence-electron chi connectivity index (χ1n) is 7.86. The number of carbonyl (C=O) groups is 2. The van der Waals surface area contributed by atoms with Crippen molar-refractivity contribution in [3.05, 3.63) is 34.3 Å². The van der Waals surface area contributed by atoms with Gasteiger partial charge in [0.05, 0.1) is 12.0 Å². The molecule has 1 aliphatic heterocycles. The summed E-state index contributed by atoms with van der Waals surface area (Å²) in [7, 11) is 0. The molecule has 1 saturated carbocycles. The molecule has 2 aliphatic rings. The van der Waals surface area contributed by atoms with Crippen LogP contribution in [0.5, 0.6) is 0 Å². The van der Waals surface area contributed by atoms with Gasteiger partial charge < -0.3 is 14.7 Å². The molecule has 1 unspecified atom stereocenters. The van der Waals surface area contributed by atoms with Gasteiger partial charge in [-0.25, -0.2) is 4.79 Å². The number of carboxylic acid groups (broad SMARTS) is 1. The summed E-state index contributed by atoms with van der Waals surface area (Å²) < 4.78 is 6.34. The second kappa shape index (κ2) is 5.82. The maximum atomic E-state index is 12.7. The monoisotopic (exact) mass is 381 g/mol. The number of amides is 1. The quantitative estimate of drug-likeness (QED) is 0.814. The molecule has 23 heavy (non-hydrogen) atoms. The molecule has 3 rings (SSSR count). The van der Waals surface area contributed by atoms with Gasteiger partial charge in [0.1, 0.15) is 0 Å². The number of likely N-dealkylation sites (tertiary alicyclic amines) is 1. The highest BCUT2D eigenvalue weighted by molar-refractivity contribution is 9.10. The molecule has 1 saturated heterocycles. The molecule has 0 radical (unpaired) electrons. The normalized spacial score (nSPS) is 25.2. The summed E-state index contributed by atoms with van der Waals surface area (Å²) >= 11 is 3.42. The highest BCUT2D eigenvalue weighted by Gasteiger charge is 2.73. The first-order chi connectivity index (χ1) is 10.9. The summed E-state index contributed by atoms with van der Waals surface area (Å²) in [4.78, 5) is 25.3. The molecule has 2 fully saturated rings. The zero-order chi connectivity index (χ0) is 16.7. The summed E-state index contributed by atoms with van der Waals surface area (Å²) in [6.07, 6.45) is 1.27. The minimum absolute atomic E-state index is 0.168. The molecule has 0 aromatic heterocycles. The Bertz CT molecular complexity index is 622. The summed E-state index contributed by atoms with van der Waals surface area (Å²) in [6.45, 7) is 3.13. The average Bonchev–Trinajstić information content (AvgIpc) is 3.17. The summed E-state index contributed by atoms with van der Waals surface area (Å²) in [6, 6.07) is 7.82. The number of nitrogens with zero attached hydrogens (tertiary/aromatic N) is 1. The summed E-state index contributed by atoms with van der Waals surface area (Å²) in [5.74, 6) is -0.175. The lowest BCUT2D eigenvalue weighted by Gasteiger charge is -2.33. The van der Waals surface area contributed by atoms with Gasteiger partial charge >= 0.3 is 12.1 Å². The van der Waals surface area contributed by atoms with Crippen LogP contribution in [0.1, 0.15) is 31.7 Å². The van der Waals surface area contributed by atoms with Crippen molar-refractivity contribution in [2.75, 3.05) is 19.7 Å². The van der Waals surface area contributed by atoms with Gasteiger partial charge in [-0.15, -0.1) is 0 Å². The van der Waals surface area contributed by atoms with Gasteiger partial charge in [-0.1, -0.05) is 28.1 Å². The van der Waals surface area contributed by atoms with Crippen LogP contribution in [-0.4, -0.2) is 41.8 Å². The van der Waals surface area contributed by atoms with Gasteiger partial charge in [-0.3, -0.25) is 4.79 Å². The van der Waals surface area contributed by atoms with Crippen molar-refractivity contribution in [2.45, 2.75) is 31.6 Å². The Balaban J connectivity index is 1.90. The lowest BCUT2D eigenvalue weighted by Crippen LogP contribution is -2.42. The van der Waals surface area contributed by atoms with Crippen LogP contribution in [0.2, 0.25) is 0 Å². The van der Waals surface area contributed by atoms with Gasteiger partial charge in [-0.05, 0) is 49.3 Å². The van der Waals surface area contributed by atoms with Crippen molar-refractivity contribution in [1.82, 2.24) is 4.90 Å². The SMILES string of the molecule is CCOC(=O)C1(c2ccc(Br)cc2)CC12CCN(C(=O)O)CC2. The maximum Gasteiger partial charge on any atom is 0.407 e. The number of ether oxygens (including phenoxy) is 1. The van der Waals surface area contributed by atoms with Crippen molar-refractivity contribution in [1.29, 1.82) is 0 Å². The molecule has 1 aromatic carbocycles. The van der Waals surface area contributed by atoms with Crippen LogP contribution >= 0.6 is 15.9 Å². The van der Waals surface area contributed by atoms with E-state index in [1.54, 1.807) is 0 Å². The Labute approximate surface area is 143 Å². The van der Waals surface area contributed by atoms with E-state index in [0.717, 1.165) is 16.5 Å². The van der Waals surface area contributed by atoms with E-state index in [9.17, 15) is 9.59 Å². The Morgan fingerprint density at radius 3 is 2.39 bits per heavy atom. The van der Waals surface area contributed by atoms with Crippen LogP contribution in [0.15, 0.2) is 28.7 Å². The summed E-state index contributed by atoms with van der Waals surface area (Å²) in [5, 5.41) is 9.13. The van der Waals surface area contributed by atoms with Gasteiger partial charge in [0.2, 0.25) is 0 Å². The van der Waals surface area contributed by atoms with E-state index in [4.69, 9.17) is 9.84 Å². The van der Waals surface area contributed by atoms with Gasteiger partial charge in [0, 0.05) is 17.6 Å². The number of carbonyl (C=O) groups excluding carboxylic acids is 1. The van der Waals surface area contributed by atoms with Gasteiger partial charge in [-0.2, -0.15) is 0 Å². The molecule has 1 aliphatic carbocycles. The Kier molecular flexibility index (Phi) is 4.12. The van der Waals surface area contributed by atoms with Crippen molar-refractivity contribution in [3.8, 4) is 0 Å². The number of piperidine rings is 1. The highest BCUT2D eigenvalue weighted by atomic mass is 79.9. The van der Waals surface area contributed by atoms with E-state index in [2.05, 4.69) is 15.9 Å². The summed E-state index contributed by atoms with van der Waals surface area (Å²) in [5.41, 5.74) is 0.191. The predicted octanol–water partition coefficient (Wildman–Crippen LogP) is 3.41. The van der Waals surface area contributed by atoms with Gasteiger partial charge in [0.25, 0.3) is 0 Å². The predicted molar refractivity (Wildman–Crippen MR) is 88.3 cm³/mol. The molecule has 1 atom stereocenters. The number of hydrogen-bond acceptors (Lipinski definition) is 3. The Morgan fingerprint density at radius 2 is 1.87 bits per heavy atom. The topological polar surface area (TPSA) is 66.8 Å². The third-order valence-electron chi connectivity index (χ3n) is 5.34. The molecule has 1 aromatic rings. The lowest BCUT2D eigenvalue weighted by molar-refractivity contribution is -0.147. The zero-order valence-corrected chi connectivity index (χ0v) is 14.6. The van der Waals surface area contributed by atoms with Crippen molar-refractivity contribution in [2.24, 2.45) is 5.41 Å². The Hall–Kier alpha value is -1.56. The minimum atomic E-state index is -0.883. The maximum absolute atomic E-state index is 12.7. The first kappa shape index (κ1) is 16.3. The number of hydrogen-bond donors (Lipinski definition) is 1. The molecule has 1 amide bonds. The van der Waals surface area contributed by atoms with Crippen LogP contribution in [0, 0.1) is 5.41 Å². The number of halogens is 1. The van der Waals surface area contributed by atoms with E-state index >= 15 is 0 Å². The van der Waals surface area contributed by atoms with Gasteiger partial charge in [0.15, 0.2) is 0 Å². The molecule has 124 valence electrons. The Morgan fingerprint density at radius 1 is 1.26 bits per heavy atom. The smallest absolute Gasteiger partial charge is 0.407 e. The highest BCUT2D eigenvalue weighted by Crippen LogP contribution is 2.70. The fourth-order valence-electron chi connectivity index (χ4n) is 4.00. The fraction of sp³-hybridized carbons (Fsp3) is 0.529. The third kappa shape index (κ3) is 2.53. The first-order valence-corrected chi connectivity index (χ1v) is 8.66. The van der Waals surface area contributed by atoms with Crippen molar-refractivity contribution < 1.29 is 19.4 Å². The third-order valence-corrected chi connectivity index (χ3v) is 5.86. The van der Waals surface area contributed by atoms with E-state index in [1.165, 1.54) is 4.90 Å². The average molecular weight is 382 g/mol. The molecule has 1 heterocycles. The molecule has 5 nitrogen and oxygen atoms in total. The molecule has 1 spiro atoms. The van der Waals surface area contributed by atoms with E-state index in [-0.39, 0.29) is 11.4 Å². The lowest BCUT2D eigenvalue weighted by atomic mass is 9.80. The van der Waals surface area contributed by atoms with Crippen LogP contribution in [0.25, 0.3) is 0 Å². The van der Waals surface area contributed by atoms with E-state index in [1.807, 2.05) is 31.2 Å². The molecule has 0 bridgehead atoms. The van der Waals surface area contributed by atoms with E-state index in [0.29, 0.717) is 32.5 Å².